The van der Waals surface area contributed by atoms with Gasteiger partial charge in [-0.25, -0.2) is 0 Å². The van der Waals surface area contributed by atoms with Gasteiger partial charge in [0.15, 0.2) is 5.78 Å². The molecule has 0 saturated heterocycles. The van der Waals surface area contributed by atoms with E-state index in [1.54, 1.807) is 6.92 Å². The van der Waals surface area contributed by atoms with Crippen LogP contribution in [-0.4, -0.2) is 17.6 Å². The second-order valence-electron chi connectivity index (χ2n) is 3.15. The standard InChI is InChI=1S/C8H13NO2/c1-5(9)6-3-2-4-7(10)8(6)11/h5-6H,2-4,9H2,1H3. The van der Waals surface area contributed by atoms with Crippen molar-refractivity contribution in [2.45, 2.75) is 32.2 Å². The number of carbonyl (C=O) groups is 2. The van der Waals surface area contributed by atoms with Crippen molar-refractivity contribution in [3.05, 3.63) is 0 Å². The number of hydrogen-bond donors (Lipinski definition) is 1. The van der Waals surface area contributed by atoms with Gasteiger partial charge in [0.2, 0.25) is 5.78 Å². The molecule has 3 nitrogen and oxygen atoms in total. The first-order valence-electron chi connectivity index (χ1n) is 3.95. The molecule has 0 aromatic heterocycles. The average Bonchev–Trinajstić information content (AvgIpc) is 1.94. The molecule has 1 aliphatic carbocycles. The molecule has 0 heterocycles. The van der Waals surface area contributed by atoms with Crippen molar-refractivity contribution < 1.29 is 9.59 Å². The van der Waals surface area contributed by atoms with E-state index < -0.39 is 0 Å². The minimum absolute atomic E-state index is 0.174. The molecule has 62 valence electrons. The molecule has 1 aliphatic rings. The molecular weight excluding hydrogens is 142 g/mol. The number of carbonyl (C=O) groups excluding carboxylic acids is 2. The van der Waals surface area contributed by atoms with Crippen LogP contribution < -0.4 is 5.73 Å². The van der Waals surface area contributed by atoms with E-state index in [4.69, 9.17) is 5.73 Å². The molecular formula is C8H13NO2. The molecule has 0 spiro atoms. The molecule has 2 N–H and O–H groups in total. The third-order valence-electron chi connectivity index (χ3n) is 2.17. The van der Waals surface area contributed by atoms with Gasteiger partial charge < -0.3 is 5.73 Å². The fourth-order valence-corrected chi connectivity index (χ4v) is 1.45. The van der Waals surface area contributed by atoms with E-state index in [1.807, 2.05) is 0 Å². The van der Waals surface area contributed by atoms with Gasteiger partial charge >= 0.3 is 0 Å². The Morgan fingerprint density at radius 3 is 2.64 bits per heavy atom. The summed E-state index contributed by atoms with van der Waals surface area (Å²) in [5.74, 6) is -0.707. The molecule has 2 unspecified atom stereocenters. The molecule has 3 heteroatoms. The highest BCUT2D eigenvalue weighted by atomic mass is 16.2. The second kappa shape index (κ2) is 3.13. The third-order valence-corrected chi connectivity index (χ3v) is 2.17. The van der Waals surface area contributed by atoms with Gasteiger partial charge in [0.25, 0.3) is 0 Å². The van der Waals surface area contributed by atoms with E-state index in [1.165, 1.54) is 0 Å². The summed E-state index contributed by atoms with van der Waals surface area (Å²) in [7, 11) is 0. The van der Waals surface area contributed by atoms with Crippen LogP contribution in [0.2, 0.25) is 0 Å². The van der Waals surface area contributed by atoms with Crippen LogP contribution in [0.4, 0.5) is 0 Å². The van der Waals surface area contributed by atoms with E-state index in [9.17, 15) is 9.59 Å². The van der Waals surface area contributed by atoms with Crippen LogP contribution in [0.3, 0.4) is 0 Å². The van der Waals surface area contributed by atoms with Crippen molar-refractivity contribution in [1.82, 2.24) is 0 Å². The van der Waals surface area contributed by atoms with E-state index in [-0.39, 0.29) is 23.5 Å². The fourth-order valence-electron chi connectivity index (χ4n) is 1.45. The summed E-state index contributed by atoms with van der Waals surface area (Å²) in [6.07, 6.45) is 2.01. The lowest BCUT2D eigenvalue weighted by Crippen LogP contribution is -2.39. The maximum absolute atomic E-state index is 11.1. The Labute approximate surface area is 66.0 Å². The number of ketones is 2. The van der Waals surface area contributed by atoms with Crippen LogP contribution >= 0.6 is 0 Å². The normalized spacial score (nSPS) is 28.7. The average molecular weight is 155 g/mol. The van der Waals surface area contributed by atoms with E-state index in [2.05, 4.69) is 0 Å². The van der Waals surface area contributed by atoms with Crippen molar-refractivity contribution in [2.75, 3.05) is 0 Å². The zero-order chi connectivity index (χ0) is 8.43. The molecule has 2 atom stereocenters. The molecule has 0 bridgehead atoms. The van der Waals surface area contributed by atoms with E-state index in [0.29, 0.717) is 6.42 Å². The molecule has 1 rings (SSSR count). The maximum Gasteiger partial charge on any atom is 0.202 e. The Morgan fingerprint density at radius 2 is 2.18 bits per heavy atom. The second-order valence-corrected chi connectivity index (χ2v) is 3.15. The molecule has 11 heavy (non-hydrogen) atoms. The first kappa shape index (κ1) is 8.40. The van der Waals surface area contributed by atoms with Crippen LogP contribution in [0.25, 0.3) is 0 Å². The van der Waals surface area contributed by atoms with E-state index in [0.717, 1.165) is 12.8 Å². The van der Waals surface area contributed by atoms with E-state index >= 15 is 0 Å². The zero-order valence-electron chi connectivity index (χ0n) is 6.67. The molecule has 1 fully saturated rings. The quantitative estimate of drug-likeness (QED) is 0.553. The van der Waals surface area contributed by atoms with Crippen molar-refractivity contribution in [2.24, 2.45) is 11.7 Å². The topological polar surface area (TPSA) is 60.2 Å². The SMILES string of the molecule is CC(N)C1CCCC(=O)C1=O. The lowest BCUT2D eigenvalue weighted by molar-refractivity contribution is -0.141. The smallest absolute Gasteiger partial charge is 0.202 e. The van der Waals surface area contributed by atoms with Crippen LogP contribution in [0.1, 0.15) is 26.2 Å². The lowest BCUT2D eigenvalue weighted by atomic mass is 9.83. The first-order valence-corrected chi connectivity index (χ1v) is 3.95. The van der Waals surface area contributed by atoms with Crippen LogP contribution in [0.5, 0.6) is 0 Å². The van der Waals surface area contributed by atoms with Crippen molar-refractivity contribution in [1.29, 1.82) is 0 Å². The van der Waals surface area contributed by atoms with Crippen molar-refractivity contribution >= 4 is 11.6 Å². The Morgan fingerprint density at radius 1 is 1.55 bits per heavy atom. The van der Waals surface area contributed by atoms with Gasteiger partial charge in [0, 0.05) is 18.4 Å². The Kier molecular flexibility index (Phi) is 2.39. The minimum atomic E-state index is -0.258. The highest BCUT2D eigenvalue weighted by molar-refractivity contribution is 6.38. The molecule has 0 aromatic carbocycles. The summed E-state index contributed by atoms with van der Waals surface area (Å²) in [4.78, 5) is 22.0. The van der Waals surface area contributed by atoms with Gasteiger partial charge in [-0.2, -0.15) is 0 Å². The number of hydrogen-bond acceptors (Lipinski definition) is 3. The fraction of sp³-hybridized carbons (Fsp3) is 0.750. The van der Waals surface area contributed by atoms with Gasteiger partial charge in [0.05, 0.1) is 0 Å². The predicted molar refractivity (Wildman–Crippen MR) is 41.0 cm³/mol. The highest BCUT2D eigenvalue weighted by Gasteiger charge is 2.31. The van der Waals surface area contributed by atoms with Gasteiger partial charge in [-0.15, -0.1) is 0 Å². The molecule has 0 aromatic rings. The number of rotatable bonds is 1. The van der Waals surface area contributed by atoms with Gasteiger partial charge in [0.1, 0.15) is 0 Å². The van der Waals surface area contributed by atoms with Crippen LogP contribution in [0.15, 0.2) is 0 Å². The number of nitrogens with two attached hydrogens (primary N) is 1. The highest BCUT2D eigenvalue weighted by Crippen LogP contribution is 2.20. The van der Waals surface area contributed by atoms with Crippen LogP contribution in [0, 0.1) is 5.92 Å². The molecule has 0 amide bonds. The molecule has 0 radical (unpaired) electrons. The Bertz CT molecular complexity index is 187. The monoisotopic (exact) mass is 155 g/mol. The maximum atomic E-state index is 11.1. The largest absolute Gasteiger partial charge is 0.327 e. The summed E-state index contributed by atoms with van der Waals surface area (Å²) in [5.41, 5.74) is 5.55. The lowest BCUT2D eigenvalue weighted by Gasteiger charge is -2.22. The molecule has 0 aliphatic heterocycles. The van der Waals surface area contributed by atoms with Crippen LogP contribution in [-0.2, 0) is 9.59 Å². The third kappa shape index (κ3) is 1.66. The van der Waals surface area contributed by atoms with Crippen molar-refractivity contribution in [3.63, 3.8) is 0 Å². The number of Topliss-reactive ketones (excluding diaryl/α,β-unsaturated/α-hetero) is 2. The van der Waals surface area contributed by atoms with Gasteiger partial charge in [-0.3, -0.25) is 9.59 Å². The molecule has 1 saturated carbocycles. The van der Waals surface area contributed by atoms with Crippen molar-refractivity contribution in [3.8, 4) is 0 Å². The zero-order valence-corrected chi connectivity index (χ0v) is 6.67. The van der Waals surface area contributed by atoms with Gasteiger partial charge in [-0.05, 0) is 19.8 Å². The summed E-state index contributed by atoms with van der Waals surface area (Å²) in [6, 6.07) is -0.174. The minimum Gasteiger partial charge on any atom is -0.327 e. The van der Waals surface area contributed by atoms with Gasteiger partial charge in [-0.1, -0.05) is 0 Å². The summed E-state index contributed by atoms with van der Waals surface area (Å²) in [6.45, 7) is 1.78. The summed E-state index contributed by atoms with van der Waals surface area (Å²) >= 11 is 0. The first-order chi connectivity index (χ1) is 5.13. The summed E-state index contributed by atoms with van der Waals surface area (Å²) in [5, 5.41) is 0. The predicted octanol–water partition coefficient (Wildman–Crippen LogP) is 0.272. The Hall–Kier alpha value is -0.700. The Balaban J connectivity index is 2.66. The summed E-state index contributed by atoms with van der Waals surface area (Å²) < 4.78 is 0.